The Morgan fingerprint density at radius 2 is 1.94 bits per heavy atom. The van der Waals surface area contributed by atoms with Crippen molar-refractivity contribution in [3.63, 3.8) is 0 Å². The largest absolute Gasteiger partial charge is 0.464 e. The number of furan rings is 1. The van der Waals surface area contributed by atoms with E-state index in [4.69, 9.17) is 16.0 Å². The van der Waals surface area contributed by atoms with E-state index in [-0.39, 0.29) is 5.56 Å². The highest BCUT2D eigenvalue weighted by molar-refractivity contribution is 6.22. The summed E-state index contributed by atoms with van der Waals surface area (Å²) in [5.74, 6) is 0.0228. The molecule has 0 saturated carbocycles. The van der Waals surface area contributed by atoms with E-state index in [2.05, 4.69) is 0 Å². The molecule has 0 radical (unpaired) electrons. The minimum absolute atomic E-state index is 0.229. The second-order valence-electron chi connectivity index (χ2n) is 4.14. The van der Waals surface area contributed by atoms with Gasteiger partial charge < -0.3 is 4.42 Å². The molecule has 96 valence electrons. The highest BCUT2D eigenvalue weighted by Crippen LogP contribution is 2.33. The van der Waals surface area contributed by atoms with Gasteiger partial charge in [0, 0.05) is 18.1 Å². The van der Waals surface area contributed by atoms with E-state index >= 15 is 0 Å². The highest BCUT2D eigenvalue weighted by atomic mass is 35.5. The van der Waals surface area contributed by atoms with Gasteiger partial charge in [-0.2, -0.15) is 0 Å². The van der Waals surface area contributed by atoms with Crippen molar-refractivity contribution in [1.82, 2.24) is 0 Å². The van der Waals surface area contributed by atoms with Crippen molar-refractivity contribution in [3.05, 3.63) is 58.5 Å². The molecule has 4 heteroatoms. The molecule has 0 spiro atoms. The Morgan fingerprint density at radius 3 is 2.56 bits per heavy atom. The van der Waals surface area contributed by atoms with E-state index in [1.54, 1.807) is 19.1 Å². The summed E-state index contributed by atoms with van der Waals surface area (Å²) < 4.78 is 32.3. The maximum absolute atomic E-state index is 13.7. The molecule has 0 amide bonds. The van der Waals surface area contributed by atoms with Crippen LogP contribution in [0.5, 0.6) is 0 Å². The van der Waals surface area contributed by atoms with Crippen LogP contribution in [0.25, 0.3) is 0 Å². The van der Waals surface area contributed by atoms with E-state index in [0.29, 0.717) is 11.3 Å². The Labute approximate surface area is 109 Å². The van der Waals surface area contributed by atoms with Crippen molar-refractivity contribution in [1.29, 1.82) is 0 Å². The zero-order valence-electron chi connectivity index (χ0n) is 10.1. The summed E-state index contributed by atoms with van der Waals surface area (Å²) in [6.45, 7) is 3.52. The van der Waals surface area contributed by atoms with Gasteiger partial charge in [-0.15, -0.1) is 11.6 Å². The first-order valence-electron chi connectivity index (χ1n) is 5.71. The smallest absolute Gasteiger partial charge is 0.131 e. The lowest BCUT2D eigenvalue weighted by atomic mass is 10.1. The van der Waals surface area contributed by atoms with Crippen LogP contribution in [0.3, 0.4) is 0 Å². The molecule has 0 N–H and O–H groups in total. The summed E-state index contributed by atoms with van der Waals surface area (Å²) in [5, 5.41) is -0.746. The Morgan fingerprint density at radius 1 is 1.22 bits per heavy atom. The summed E-state index contributed by atoms with van der Waals surface area (Å²) >= 11 is 6.18. The van der Waals surface area contributed by atoms with Gasteiger partial charge in [0.05, 0.1) is 0 Å². The van der Waals surface area contributed by atoms with Crippen LogP contribution in [0.4, 0.5) is 8.78 Å². The molecular weight excluding hydrogens is 258 g/mol. The molecule has 1 heterocycles. The molecular formula is C14H13ClF2O. The monoisotopic (exact) mass is 270 g/mol. The van der Waals surface area contributed by atoms with Gasteiger partial charge in [0.25, 0.3) is 0 Å². The third-order valence-electron chi connectivity index (χ3n) is 2.83. The minimum atomic E-state index is -0.746. The molecule has 2 aromatic rings. The van der Waals surface area contributed by atoms with Gasteiger partial charge in [-0.1, -0.05) is 6.92 Å². The standard InChI is InChI=1S/C14H13ClF2O/c1-3-9-4-5-13(18-9)14(15)10-6-8(2)11(16)7-12(10)17/h4-7,14H,3H2,1-2H3. The second-order valence-corrected chi connectivity index (χ2v) is 4.58. The Bertz CT molecular complexity index is 563. The van der Waals surface area contributed by atoms with Crippen molar-refractivity contribution in [2.24, 2.45) is 0 Å². The van der Waals surface area contributed by atoms with Crippen LogP contribution in [-0.2, 0) is 6.42 Å². The third-order valence-corrected chi connectivity index (χ3v) is 3.28. The van der Waals surface area contributed by atoms with Gasteiger partial charge in [-0.05, 0) is 30.7 Å². The lowest BCUT2D eigenvalue weighted by Crippen LogP contribution is -1.98. The average molecular weight is 271 g/mol. The third kappa shape index (κ3) is 2.41. The fourth-order valence-electron chi connectivity index (χ4n) is 1.75. The van der Waals surface area contributed by atoms with Gasteiger partial charge in [-0.3, -0.25) is 0 Å². The normalized spacial score (nSPS) is 12.7. The first-order chi connectivity index (χ1) is 8.52. The second kappa shape index (κ2) is 5.11. The predicted octanol–water partition coefficient (Wildman–Crippen LogP) is 4.76. The van der Waals surface area contributed by atoms with E-state index in [0.717, 1.165) is 18.2 Å². The molecule has 1 aromatic heterocycles. The van der Waals surface area contributed by atoms with Crippen LogP contribution in [0.2, 0.25) is 0 Å². The molecule has 2 rings (SSSR count). The average Bonchev–Trinajstić information content (AvgIpc) is 2.81. The van der Waals surface area contributed by atoms with Gasteiger partial charge in [0.15, 0.2) is 0 Å². The van der Waals surface area contributed by atoms with Crippen LogP contribution in [0.15, 0.2) is 28.7 Å². The molecule has 0 aliphatic rings. The topological polar surface area (TPSA) is 13.1 Å². The molecule has 1 atom stereocenters. The van der Waals surface area contributed by atoms with Crippen molar-refractivity contribution in [3.8, 4) is 0 Å². The molecule has 0 bridgehead atoms. The van der Waals surface area contributed by atoms with Gasteiger partial charge in [0.1, 0.15) is 28.5 Å². The quantitative estimate of drug-likeness (QED) is 0.733. The molecule has 1 nitrogen and oxygen atoms in total. The lowest BCUT2D eigenvalue weighted by molar-refractivity contribution is 0.470. The molecule has 1 unspecified atom stereocenters. The summed E-state index contributed by atoms with van der Waals surface area (Å²) in [4.78, 5) is 0. The number of aryl methyl sites for hydroxylation is 2. The van der Waals surface area contributed by atoms with Crippen LogP contribution in [-0.4, -0.2) is 0 Å². The molecule has 0 fully saturated rings. The zero-order valence-corrected chi connectivity index (χ0v) is 10.9. The van der Waals surface area contributed by atoms with Crippen LogP contribution in [0.1, 0.15) is 34.9 Å². The maximum atomic E-state index is 13.7. The Hall–Kier alpha value is -1.35. The number of halogens is 3. The van der Waals surface area contributed by atoms with Crippen LogP contribution in [0, 0.1) is 18.6 Å². The number of rotatable bonds is 3. The highest BCUT2D eigenvalue weighted by Gasteiger charge is 2.20. The van der Waals surface area contributed by atoms with Gasteiger partial charge in [-0.25, -0.2) is 8.78 Å². The summed E-state index contributed by atoms with van der Waals surface area (Å²) in [6, 6.07) is 5.79. The first-order valence-corrected chi connectivity index (χ1v) is 6.14. The van der Waals surface area contributed by atoms with Crippen LogP contribution >= 0.6 is 11.6 Å². The molecule has 0 aliphatic carbocycles. The Kier molecular flexibility index (Phi) is 3.71. The molecule has 0 saturated heterocycles. The first kappa shape index (κ1) is 13.1. The summed E-state index contributed by atoms with van der Waals surface area (Å²) in [6.07, 6.45) is 0.745. The van der Waals surface area contributed by atoms with Gasteiger partial charge >= 0.3 is 0 Å². The minimum Gasteiger partial charge on any atom is -0.464 e. The predicted molar refractivity (Wildman–Crippen MR) is 66.9 cm³/mol. The Balaban J connectivity index is 2.39. The van der Waals surface area contributed by atoms with Crippen molar-refractivity contribution < 1.29 is 13.2 Å². The number of benzene rings is 1. The van der Waals surface area contributed by atoms with E-state index in [9.17, 15) is 8.78 Å². The van der Waals surface area contributed by atoms with Gasteiger partial charge in [0.2, 0.25) is 0 Å². The van der Waals surface area contributed by atoms with Crippen LogP contribution < -0.4 is 0 Å². The fraction of sp³-hybridized carbons (Fsp3) is 0.286. The zero-order chi connectivity index (χ0) is 13.3. The molecule has 0 aliphatic heterocycles. The van der Waals surface area contributed by atoms with E-state index in [1.807, 2.05) is 6.92 Å². The van der Waals surface area contributed by atoms with Crippen molar-refractivity contribution >= 4 is 11.6 Å². The number of hydrogen-bond acceptors (Lipinski definition) is 1. The maximum Gasteiger partial charge on any atom is 0.131 e. The van der Waals surface area contributed by atoms with Crippen molar-refractivity contribution in [2.45, 2.75) is 25.6 Å². The SMILES string of the molecule is CCc1ccc(C(Cl)c2cc(C)c(F)cc2F)o1. The number of hydrogen-bond donors (Lipinski definition) is 0. The van der Waals surface area contributed by atoms with E-state index < -0.39 is 17.0 Å². The lowest BCUT2D eigenvalue weighted by Gasteiger charge is -2.10. The fourth-order valence-corrected chi connectivity index (χ4v) is 2.03. The van der Waals surface area contributed by atoms with Crippen molar-refractivity contribution in [2.75, 3.05) is 0 Å². The summed E-state index contributed by atoms with van der Waals surface area (Å²) in [5.41, 5.74) is 0.590. The summed E-state index contributed by atoms with van der Waals surface area (Å²) in [7, 11) is 0. The number of alkyl halides is 1. The molecule has 18 heavy (non-hydrogen) atoms. The molecule has 1 aromatic carbocycles. The van der Waals surface area contributed by atoms with E-state index in [1.165, 1.54) is 6.07 Å².